The van der Waals surface area contributed by atoms with E-state index in [9.17, 15) is 0 Å². The van der Waals surface area contributed by atoms with Crippen molar-refractivity contribution in [1.82, 2.24) is 14.9 Å². The maximum absolute atomic E-state index is 5.88. The van der Waals surface area contributed by atoms with E-state index in [1.54, 1.807) is 12.4 Å². The van der Waals surface area contributed by atoms with Crippen molar-refractivity contribution >= 4 is 0 Å². The van der Waals surface area contributed by atoms with E-state index in [4.69, 9.17) is 5.73 Å². The Balaban J connectivity index is 2.05. The number of nitrogens with two attached hydrogens (primary N) is 1. The molecule has 88 valence electrons. The number of likely N-dealkylation sites (tertiary alicyclic amines) is 1. The van der Waals surface area contributed by atoms with Crippen LogP contribution in [0.1, 0.15) is 24.6 Å². The molecule has 1 aromatic rings. The Hall–Kier alpha value is -1.00. The third kappa shape index (κ3) is 2.57. The molecular formula is C12H20N4. The summed E-state index contributed by atoms with van der Waals surface area (Å²) in [7, 11) is 2.17. The van der Waals surface area contributed by atoms with Crippen LogP contribution in [0, 0.1) is 5.92 Å². The SMILES string of the molecule is CN1CCC(C(CN)c2ncccn2)CC1. The van der Waals surface area contributed by atoms with Crippen molar-refractivity contribution in [2.75, 3.05) is 26.7 Å². The van der Waals surface area contributed by atoms with Gasteiger partial charge in [-0.25, -0.2) is 9.97 Å². The van der Waals surface area contributed by atoms with Crippen LogP contribution in [0.3, 0.4) is 0 Å². The van der Waals surface area contributed by atoms with Gasteiger partial charge in [-0.05, 0) is 45.0 Å². The van der Waals surface area contributed by atoms with Crippen LogP contribution in [0.4, 0.5) is 0 Å². The summed E-state index contributed by atoms with van der Waals surface area (Å²) >= 11 is 0. The van der Waals surface area contributed by atoms with Gasteiger partial charge in [0.2, 0.25) is 0 Å². The normalized spacial score (nSPS) is 20.9. The molecule has 0 aromatic carbocycles. The molecule has 1 aromatic heterocycles. The molecule has 1 saturated heterocycles. The standard InChI is InChI=1S/C12H20N4/c1-16-7-3-10(4-8-16)11(9-13)12-14-5-2-6-15-12/h2,5-6,10-11H,3-4,7-9,13H2,1H3. The summed E-state index contributed by atoms with van der Waals surface area (Å²) in [6, 6.07) is 1.85. The van der Waals surface area contributed by atoms with Gasteiger partial charge in [0.05, 0.1) is 0 Å². The fourth-order valence-electron chi connectivity index (χ4n) is 2.44. The zero-order chi connectivity index (χ0) is 11.4. The molecule has 0 bridgehead atoms. The number of hydrogen-bond donors (Lipinski definition) is 1. The molecule has 0 spiro atoms. The van der Waals surface area contributed by atoms with Crippen LogP contribution in [0.5, 0.6) is 0 Å². The van der Waals surface area contributed by atoms with Gasteiger partial charge in [0.1, 0.15) is 5.82 Å². The minimum atomic E-state index is 0.329. The smallest absolute Gasteiger partial charge is 0.132 e. The Morgan fingerprint density at radius 2 is 2.00 bits per heavy atom. The Labute approximate surface area is 96.9 Å². The van der Waals surface area contributed by atoms with Crippen LogP contribution < -0.4 is 5.73 Å². The van der Waals surface area contributed by atoms with Crippen molar-refractivity contribution in [2.24, 2.45) is 11.7 Å². The molecule has 1 aliphatic rings. The van der Waals surface area contributed by atoms with Gasteiger partial charge in [0.15, 0.2) is 0 Å². The molecular weight excluding hydrogens is 200 g/mol. The van der Waals surface area contributed by atoms with E-state index < -0.39 is 0 Å². The lowest BCUT2D eigenvalue weighted by Crippen LogP contribution is -2.35. The van der Waals surface area contributed by atoms with Gasteiger partial charge in [0.25, 0.3) is 0 Å². The Morgan fingerprint density at radius 3 is 2.56 bits per heavy atom. The zero-order valence-electron chi connectivity index (χ0n) is 9.84. The van der Waals surface area contributed by atoms with Gasteiger partial charge >= 0.3 is 0 Å². The summed E-state index contributed by atoms with van der Waals surface area (Å²) in [5.74, 6) is 1.89. The zero-order valence-corrected chi connectivity index (χ0v) is 9.84. The number of nitrogens with zero attached hydrogens (tertiary/aromatic N) is 3. The van der Waals surface area contributed by atoms with Crippen LogP contribution in [-0.2, 0) is 0 Å². The molecule has 4 heteroatoms. The van der Waals surface area contributed by atoms with E-state index in [-0.39, 0.29) is 0 Å². The number of piperidine rings is 1. The number of aromatic nitrogens is 2. The lowest BCUT2D eigenvalue weighted by molar-refractivity contribution is 0.196. The van der Waals surface area contributed by atoms with Gasteiger partial charge in [-0.15, -0.1) is 0 Å². The molecule has 2 heterocycles. The van der Waals surface area contributed by atoms with Crippen LogP contribution in [0.15, 0.2) is 18.5 Å². The van der Waals surface area contributed by atoms with Gasteiger partial charge in [-0.1, -0.05) is 0 Å². The monoisotopic (exact) mass is 220 g/mol. The van der Waals surface area contributed by atoms with Crippen LogP contribution in [0.2, 0.25) is 0 Å². The Morgan fingerprint density at radius 1 is 1.38 bits per heavy atom. The molecule has 2 rings (SSSR count). The summed E-state index contributed by atoms with van der Waals surface area (Å²) < 4.78 is 0. The summed E-state index contributed by atoms with van der Waals surface area (Å²) in [6.45, 7) is 2.97. The maximum atomic E-state index is 5.88. The summed E-state index contributed by atoms with van der Waals surface area (Å²) in [5.41, 5.74) is 5.88. The summed E-state index contributed by atoms with van der Waals surface area (Å²) in [4.78, 5) is 11.0. The van der Waals surface area contributed by atoms with Crippen LogP contribution in [0.25, 0.3) is 0 Å². The highest BCUT2D eigenvalue weighted by Crippen LogP contribution is 2.29. The molecule has 0 amide bonds. The first-order valence-corrected chi connectivity index (χ1v) is 5.96. The average molecular weight is 220 g/mol. The average Bonchev–Trinajstić information content (AvgIpc) is 2.34. The van der Waals surface area contributed by atoms with Gasteiger partial charge in [-0.3, -0.25) is 0 Å². The summed E-state index contributed by atoms with van der Waals surface area (Å²) in [6.07, 6.45) is 6.02. The molecule has 1 aliphatic heterocycles. The first kappa shape index (κ1) is 11.5. The molecule has 1 fully saturated rings. The number of rotatable bonds is 3. The fraction of sp³-hybridized carbons (Fsp3) is 0.667. The predicted molar refractivity (Wildman–Crippen MR) is 64.0 cm³/mol. The highest BCUT2D eigenvalue weighted by atomic mass is 15.1. The highest BCUT2D eigenvalue weighted by molar-refractivity contribution is 5.01. The lowest BCUT2D eigenvalue weighted by atomic mass is 9.84. The van der Waals surface area contributed by atoms with E-state index in [0.717, 1.165) is 18.9 Å². The minimum Gasteiger partial charge on any atom is -0.330 e. The molecule has 16 heavy (non-hydrogen) atoms. The molecule has 1 unspecified atom stereocenters. The van der Waals surface area contributed by atoms with Crippen LogP contribution in [-0.4, -0.2) is 41.5 Å². The third-order valence-electron chi connectivity index (χ3n) is 3.50. The van der Waals surface area contributed by atoms with E-state index in [1.165, 1.54) is 12.8 Å². The van der Waals surface area contributed by atoms with E-state index in [1.807, 2.05) is 6.07 Å². The van der Waals surface area contributed by atoms with Crippen molar-refractivity contribution < 1.29 is 0 Å². The molecule has 0 radical (unpaired) electrons. The van der Waals surface area contributed by atoms with E-state index in [0.29, 0.717) is 18.4 Å². The lowest BCUT2D eigenvalue weighted by Gasteiger charge is -2.33. The Bertz CT molecular complexity index is 306. The topological polar surface area (TPSA) is 55.0 Å². The fourth-order valence-corrected chi connectivity index (χ4v) is 2.44. The van der Waals surface area contributed by atoms with Gasteiger partial charge < -0.3 is 10.6 Å². The van der Waals surface area contributed by atoms with Gasteiger partial charge in [0, 0.05) is 24.9 Å². The summed E-state index contributed by atoms with van der Waals surface area (Å²) in [5, 5.41) is 0. The molecule has 1 atom stereocenters. The minimum absolute atomic E-state index is 0.329. The highest BCUT2D eigenvalue weighted by Gasteiger charge is 2.27. The molecule has 0 aliphatic carbocycles. The van der Waals surface area contributed by atoms with Crippen molar-refractivity contribution in [3.8, 4) is 0 Å². The molecule has 4 nitrogen and oxygen atoms in total. The van der Waals surface area contributed by atoms with Crippen LogP contribution >= 0.6 is 0 Å². The quantitative estimate of drug-likeness (QED) is 0.821. The predicted octanol–water partition coefficient (Wildman–Crippen LogP) is 0.861. The van der Waals surface area contributed by atoms with Crippen molar-refractivity contribution in [2.45, 2.75) is 18.8 Å². The molecule has 0 saturated carbocycles. The Kier molecular flexibility index (Phi) is 3.85. The largest absolute Gasteiger partial charge is 0.330 e. The van der Waals surface area contributed by atoms with Crippen molar-refractivity contribution in [3.05, 3.63) is 24.3 Å². The third-order valence-corrected chi connectivity index (χ3v) is 3.50. The maximum Gasteiger partial charge on any atom is 0.132 e. The van der Waals surface area contributed by atoms with E-state index in [2.05, 4.69) is 21.9 Å². The van der Waals surface area contributed by atoms with E-state index >= 15 is 0 Å². The first-order chi connectivity index (χ1) is 7.81. The number of hydrogen-bond acceptors (Lipinski definition) is 4. The van der Waals surface area contributed by atoms with Crippen molar-refractivity contribution in [3.63, 3.8) is 0 Å². The van der Waals surface area contributed by atoms with Crippen molar-refractivity contribution in [1.29, 1.82) is 0 Å². The molecule has 2 N–H and O–H groups in total. The second kappa shape index (κ2) is 5.37. The van der Waals surface area contributed by atoms with Gasteiger partial charge in [-0.2, -0.15) is 0 Å². The second-order valence-electron chi connectivity index (χ2n) is 4.59. The second-order valence-corrected chi connectivity index (χ2v) is 4.59. The first-order valence-electron chi connectivity index (χ1n) is 5.96.